The van der Waals surface area contributed by atoms with Crippen LogP contribution in [0, 0.1) is 6.92 Å². The van der Waals surface area contributed by atoms with Gasteiger partial charge < -0.3 is 14.5 Å². The zero-order valence-corrected chi connectivity index (χ0v) is 11.1. The third kappa shape index (κ3) is 2.19. The molecule has 2 rings (SSSR count). The molecule has 100 valence electrons. The molecule has 5 heteroatoms. The van der Waals surface area contributed by atoms with Crippen LogP contribution in [0.5, 0.6) is 5.75 Å². The molecule has 0 saturated carbocycles. The summed E-state index contributed by atoms with van der Waals surface area (Å²) in [5.74, 6) is -0.891. The molecule has 0 radical (unpaired) electrons. The van der Waals surface area contributed by atoms with Crippen LogP contribution in [0.25, 0.3) is 10.9 Å². The Bertz CT molecular complexity index is 642. The number of hydrogen-bond acceptors (Lipinski definition) is 4. The number of H-pyrrole nitrogens is 1. The SMILES string of the molecule is CCOC(=O)C(=O)c1[nH]c2c(OC)cccc2c1C. The lowest BCUT2D eigenvalue weighted by Gasteiger charge is -2.00. The van der Waals surface area contributed by atoms with E-state index in [9.17, 15) is 9.59 Å². The van der Waals surface area contributed by atoms with Crippen molar-refractivity contribution in [1.29, 1.82) is 0 Å². The molecule has 0 atom stereocenters. The smallest absolute Gasteiger partial charge is 0.381 e. The largest absolute Gasteiger partial charge is 0.495 e. The number of ether oxygens (including phenoxy) is 2. The van der Waals surface area contributed by atoms with E-state index in [0.717, 1.165) is 5.39 Å². The van der Waals surface area contributed by atoms with Gasteiger partial charge in [-0.3, -0.25) is 4.79 Å². The van der Waals surface area contributed by atoms with E-state index in [1.807, 2.05) is 12.1 Å². The lowest BCUT2D eigenvalue weighted by atomic mass is 10.1. The molecule has 1 N–H and O–H groups in total. The summed E-state index contributed by atoms with van der Waals surface area (Å²) in [6.07, 6.45) is 0. The van der Waals surface area contributed by atoms with Crippen molar-refractivity contribution >= 4 is 22.7 Å². The predicted octanol–water partition coefficient (Wildman–Crippen LogP) is 2.23. The zero-order chi connectivity index (χ0) is 14.0. The van der Waals surface area contributed by atoms with Crippen molar-refractivity contribution in [2.24, 2.45) is 0 Å². The van der Waals surface area contributed by atoms with Crippen molar-refractivity contribution in [3.05, 3.63) is 29.5 Å². The van der Waals surface area contributed by atoms with Crippen molar-refractivity contribution in [3.8, 4) is 5.75 Å². The second-order valence-electron chi connectivity index (χ2n) is 4.06. The van der Waals surface area contributed by atoms with Crippen LogP contribution >= 0.6 is 0 Å². The first kappa shape index (κ1) is 13.1. The maximum atomic E-state index is 12.0. The molecule has 1 heterocycles. The highest BCUT2D eigenvalue weighted by atomic mass is 16.5. The number of carbonyl (C=O) groups is 2. The third-order valence-electron chi connectivity index (χ3n) is 2.96. The van der Waals surface area contributed by atoms with E-state index in [-0.39, 0.29) is 12.3 Å². The Hall–Kier alpha value is -2.30. The van der Waals surface area contributed by atoms with Crippen LogP contribution in [0.3, 0.4) is 0 Å². The highest BCUT2D eigenvalue weighted by Gasteiger charge is 2.23. The highest BCUT2D eigenvalue weighted by Crippen LogP contribution is 2.29. The van der Waals surface area contributed by atoms with Gasteiger partial charge in [-0.05, 0) is 25.5 Å². The monoisotopic (exact) mass is 261 g/mol. The first-order chi connectivity index (χ1) is 9.10. The van der Waals surface area contributed by atoms with E-state index >= 15 is 0 Å². The molecule has 0 aliphatic heterocycles. The average Bonchev–Trinajstić information content (AvgIpc) is 2.75. The average molecular weight is 261 g/mol. The fourth-order valence-electron chi connectivity index (χ4n) is 2.02. The van der Waals surface area contributed by atoms with E-state index < -0.39 is 11.8 Å². The van der Waals surface area contributed by atoms with E-state index in [4.69, 9.17) is 9.47 Å². The molecular formula is C14H15NO4. The molecule has 0 fully saturated rings. The van der Waals surface area contributed by atoms with Gasteiger partial charge in [0, 0.05) is 5.39 Å². The van der Waals surface area contributed by atoms with Crippen molar-refractivity contribution in [1.82, 2.24) is 4.98 Å². The summed E-state index contributed by atoms with van der Waals surface area (Å²) >= 11 is 0. The summed E-state index contributed by atoms with van der Waals surface area (Å²) in [6.45, 7) is 3.62. The number of ketones is 1. The van der Waals surface area contributed by atoms with Gasteiger partial charge in [0.1, 0.15) is 5.75 Å². The van der Waals surface area contributed by atoms with Crippen LogP contribution in [0.2, 0.25) is 0 Å². The Morgan fingerprint density at radius 1 is 1.32 bits per heavy atom. The van der Waals surface area contributed by atoms with Crippen molar-refractivity contribution in [2.75, 3.05) is 13.7 Å². The summed E-state index contributed by atoms with van der Waals surface area (Å²) in [7, 11) is 1.55. The summed E-state index contributed by atoms with van der Waals surface area (Å²) < 4.78 is 9.95. The quantitative estimate of drug-likeness (QED) is 0.520. The van der Waals surface area contributed by atoms with Crippen LogP contribution in [0.4, 0.5) is 0 Å². The van der Waals surface area contributed by atoms with E-state index in [1.54, 1.807) is 27.0 Å². The number of carbonyl (C=O) groups excluding carboxylic acids is 2. The second kappa shape index (κ2) is 5.14. The van der Waals surface area contributed by atoms with E-state index in [2.05, 4.69) is 4.98 Å². The van der Waals surface area contributed by atoms with Crippen molar-refractivity contribution in [2.45, 2.75) is 13.8 Å². The predicted molar refractivity (Wildman–Crippen MR) is 70.6 cm³/mol. The summed E-state index contributed by atoms with van der Waals surface area (Å²) in [5.41, 5.74) is 1.67. The summed E-state index contributed by atoms with van der Waals surface area (Å²) in [4.78, 5) is 26.4. The van der Waals surface area contributed by atoms with Gasteiger partial charge in [-0.15, -0.1) is 0 Å². The number of para-hydroxylation sites is 1. The third-order valence-corrected chi connectivity index (χ3v) is 2.96. The first-order valence-corrected chi connectivity index (χ1v) is 5.96. The van der Waals surface area contributed by atoms with Crippen LogP contribution in [0.15, 0.2) is 18.2 Å². The number of benzene rings is 1. The minimum atomic E-state index is -0.851. The summed E-state index contributed by atoms with van der Waals surface area (Å²) in [6, 6.07) is 5.49. The number of Topliss-reactive ketones (excluding diaryl/α,β-unsaturated/α-hetero) is 1. The Balaban J connectivity index is 2.54. The molecule has 0 spiro atoms. The molecule has 0 unspecified atom stereocenters. The van der Waals surface area contributed by atoms with Gasteiger partial charge in [0.15, 0.2) is 0 Å². The number of aryl methyl sites for hydroxylation is 1. The van der Waals surface area contributed by atoms with Gasteiger partial charge in [-0.25, -0.2) is 4.79 Å². The molecule has 0 aliphatic rings. The fraction of sp³-hybridized carbons (Fsp3) is 0.286. The number of nitrogens with one attached hydrogen (secondary N) is 1. The topological polar surface area (TPSA) is 68.4 Å². The molecule has 1 aromatic heterocycles. The molecule has 19 heavy (non-hydrogen) atoms. The van der Waals surface area contributed by atoms with Crippen LogP contribution in [-0.4, -0.2) is 30.5 Å². The lowest BCUT2D eigenvalue weighted by Crippen LogP contribution is -2.18. The van der Waals surface area contributed by atoms with Crippen LogP contribution in [0.1, 0.15) is 23.0 Å². The van der Waals surface area contributed by atoms with Crippen LogP contribution < -0.4 is 4.74 Å². The maximum Gasteiger partial charge on any atom is 0.381 e. The first-order valence-electron chi connectivity index (χ1n) is 5.96. The fourth-order valence-corrected chi connectivity index (χ4v) is 2.02. The summed E-state index contributed by atoms with van der Waals surface area (Å²) in [5, 5.41) is 0.854. The minimum absolute atomic E-state index is 0.174. The molecule has 0 saturated heterocycles. The number of esters is 1. The van der Waals surface area contributed by atoms with Crippen molar-refractivity contribution < 1.29 is 19.1 Å². The van der Waals surface area contributed by atoms with Gasteiger partial charge >= 0.3 is 5.97 Å². The Morgan fingerprint density at radius 2 is 2.05 bits per heavy atom. The molecular weight excluding hydrogens is 246 g/mol. The number of rotatable bonds is 4. The normalized spacial score (nSPS) is 10.5. The standard InChI is InChI=1S/C14H15NO4/c1-4-19-14(17)13(16)11-8(2)9-6-5-7-10(18-3)12(9)15-11/h5-7,15H,4H2,1-3H3. The molecule has 0 amide bonds. The molecule has 0 aliphatic carbocycles. The van der Waals surface area contributed by atoms with Crippen LogP contribution in [-0.2, 0) is 9.53 Å². The lowest BCUT2D eigenvalue weighted by molar-refractivity contribution is -0.137. The Morgan fingerprint density at radius 3 is 2.68 bits per heavy atom. The zero-order valence-electron chi connectivity index (χ0n) is 11.1. The Kier molecular flexibility index (Phi) is 3.55. The number of aromatic nitrogens is 1. The van der Waals surface area contributed by atoms with Gasteiger partial charge in [-0.1, -0.05) is 12.1 Å². The number of fused-ring (bicyclic) bond motifs is 1. The van der Waals surface area contributed by atoms with Gasteiger partial charge in [-0.2, -0.15) is 0 Å². The van der Waals surface area contributed by atoms with Crippen molar-refractivity contribution in [3.63, 3.8) is 0 Å². The van der Waals surface area contributed by atoms with Gasteiger partial charge in [0.05, 0.1) is 24.9 Å². The molecule has 2 aromatic rings. The minimum Gasteiger partial charge on any atom is -0.495 e. The number of aromatic amines is 1. The maximum absolute atomic E-state index is 12.0. The van der Waals surface area contributed by atoms with E-state index in [0.29, 0.717) is 16.8 Å². The molecule has 1 aromatic carbocycles. The Labute approximate surface area is 110 Å². The number of hydrogen-bond donors (Lipinski definition) is 1. The molecule has 5 nitrogen and oxygen atoms in total. The van der Waals surface area contributed by atoms with Gasteiger partial charge in [0.25, 0.3) is 5.78 Å². The molecule has 0 bridgehead atoms. The van der Waals surface area contributed by atoms with E-state index in [1.165, 1.54) is 0 Å². The van der Waals surface area contributed by atoms with Gasteiger partial charge in [0.2, 0.25) is 0 Å². The second-order valence-corrected chi connectivity index (χ2v) is 4.06. The highest BCUT2D eigenvalue weighted by molar-refractivity contribution is 6.41. The number of methoxy groups -OCH3 is 1.